The molecule has 13 heavy (non-hydrogen) atoms. The third kappa shape index (κ3) is 2.42. The lowest BCUT2D eigenvalue weighted by Gasteiger charge is -2.25. The molecule has 1 aliphatic heterocycles. The molecule has 1 aromatic heterocycles. The van der Waals surface area contributed by atoms with Crippen LogP contribution in [0.3, 0.4) is 0 Å². The van der Waals surface area contributed by atoms with Crippen molar-refractivity contribution < 1.29 is 0 Å². The maximum absolute atomic E-state index is 5.57. The Kier molecular flexibility index (Phi) is 2.80. The van der Waals surface area contributed by atoms with Crippen molar-refractivity contribution in [3.8, 4) is 0 Å². The zero-order valence-corrected chi connectivity index (χ0v) is 8.52. The molecule has 0 aliphatic carbocycles. The van der Waals surface area contributed by atoms with E-state index in [-0.39, 0.29) is 0 Å². The van der Waals surface area contributed by atoms with Crippen LogP contribution in [0.25, 0.3) is 0 Å². The van der Waals surface area contributed by atoms with Gasteiger partial charge in [-0.25, -0.2) is 4.98 Å². The Morgan fingerprint density at radius 3 is 2.77 bits per heavy atom. The van der Waals surface area contributed by atoms with E-state index in [1.165, 1.54) is 37.2 Å². The number of nitrogen functional groups attached to an aromatic ring is 1. The second-order valence-electron chi connectivity index (χ2n) is 3.50. The molecule has 0 bridgehead atoms. The van der Waals surface area contributed by atoms with Crippen molar-refractivity contribution in [1.82, 2.24) is 9.88 Å². The number of piperidine rings is 1. The molecule has 2 rings (SSSR count). The first-order valence-electron chi connectivity index (χ1n) is 4.77. The van der Waals surface area contributed by atoms with E-state index in [1.807, 2.05) is 6.20 Å². The van der Waals surface area contributed by atoms with E-state index in [0.717, 1.165) is 6.54 Å². The van der Waals surface area contributed by atoms with Gasteiger partial charge in [0, 0.05) is 17.6 Å². The Bertz CT molecular complexity index is 266. The minimum Gasteiger partial charge on any atom is -0.375 e. The summed E-state index contributed by atoms with van der Waals surface area (Å²) in [5, 5.41) is 0.687. The number of aromatic nitrogens is 1. The van der Waals surface area contributed by atoms with Crippen LogP contribution in [-0.2, 0) is 6.54 Å². The summed E-state index contributed by atoms with van der Waals surface area (Å²) in [5.74, 6) is 0. The van der Waals surface area contributed by atoms with E-state index in [1.54, 1.807) is 11.3 Å². The lowest BCUT2D eigenvalue weighted by atomic mass is 10.1. The number of hydrogen-bond donors (Lipinski definition) is 1. The quantitative estimate of drug-likeness (QED) is 0.785. The van der Waals surface area contributed by atoms with Crippen molar-refractivity contribution in [3.05, 3.63) is 11.1 Å². The molecule has 1 aliphatic rings. The minimum absolute atomic E-state index is 0.687. The number of nitrogens with two attached hydrogens (primary N) is 1. The van der Waals surface area contributed by atoms with Crippen molar-refractivity contribution >= 4 is 16.5 Å². The van der Waals surface area contributed by atoms with Crippen LogP contribution in [0.1, 0.15) is 24.1 Å². The van der Waals surface area contributed by atoms with E-state index in [9.17, 15) is 0 Å². The highest BCUT2D eigenvalue weighted by atomic mass is 32.1. The maximum Gasteiger partial charge on any atom is 0.180 e. The molecular weight excluding hydrogens is 182 g/mol. The normalized spacial score (nSPS) is 19.1. The molecule has 0 radical (unpaired) electrons. The van der Waals surface area contributed by atoms with E-state index in [0.29, 0.717) is 5.13 Å². The first kappa shape index (κ1) is 8.97. The number of thiazole rings is 1. The average Bonchev–Trinajstić information content (AvgIpc) is 2.53. The molecule has 1 saturated heterocycles. The van der Waals surface area contributed by atoms with Gasteiger partial charge in [-0.1, -0.05) is 6.42 Å². The first-order chi connectivity index (χ1) is 6.34. The number of hydrogen-bond acceptors (Lipinski definition) is 4. The lowest BCUT2D eigenvalue weighted by molar-refractivity contribution is 0.222. The van der Waals surface area contributed by atoms with Crippen molar-refractivity contribution in [2.24, 2.45) is 0 Å². The van der Waals surface area contributed by atoms with E-state index in [2.05, 4.69) is 9.88 Å². The number of rotatable bonds is 2. The first-order valence-corrected chi connectivity index (χ1v) is 5.59. The van der Waals surface area contributed by atoms with Gasteiger partial charge in [0.1, 0.15) is 0 Å². The van der Waals surface area contributed by atoms with Crippen LogP contribution in [0.5, 0.6) is 0 Å². The van der Waals surface area contributed by atoms with Crippen LogP contribution in [0.4, 0.5) is 5.13 Å². The molecule has 72 valence electrons. The largest absolute Gasteiger partial charge is 0.375 e. The number of anilines is 1. The highest BCUT2D eigenvalue weighted by Gasteiger charge is 2.11. The minimum atomic E-state index is 0.687. The second-order valence-corrected chi connectivity index (χ2v) is 4.65. The van der Waals surface area contributed by atoms with Gasteiger partial charge in [0.05, 0.1) is 0 Å². The highest BCUT2D eigenvalue weighted by Crippen LogP contribution is 2.18. The van der Waals surface area contributed by atoms with Gasteiger partial charge in [-0.05, 0) is 25.9 Å². The molecular formula is C9H15N3S. The molecule has 0 unspecified atom stereocenters. The van der Waals surface area contributed by atoms with Crippen molar-refractivity contribution in [2.45, 2.75) is 25.8 Å². The third-order valence-corrected chi connectivity index (χ3v) is 3.21. The Morgan fingerprint density at radius 2 is 2.15 bits per heavy atom. The average molecular weight is 197 g/mol. The smallest absolute Gasteiger partial charge is 0.180 e. The topological polar surface area (TPSA) is 42.1 Å². The monoisotopic (exact) mass is 197 g/mol. The van der Waals surface area contributed by atoms with Crippen LogP contribution in [0.2, 0.25) is 0 Å². The van der Waals surface area contributed by atoms with Crippen LogP contribution in [0.15, 0.2) is 6.20 Å². The molecule has 1 fully saturated rings. The SMILES string of the molecule is Nc1ncc(CN2CCCCC2)s1. The number of nitrogens with zero attached hydrogens (tertiary/aromatic N) is 2. The van der Waals surface area contributed by atoms with Gasteiger partial charge in [-0.2, -0.15) is 0 Å². The van der Waals surface area contributed by atoms with Gasteiger partial charge in [0.25, 0.3) is 0 Å². The summed E-state index contributed by atoms with van der Waals surface area (Å²) in [4.78, 5) is 7.83. The fourth-order valence-corrected chi connectivity index (χ4v) is 2.46. The van der Waals surface area contributed by atoms with Gasteiger partial charge in [0.15, 0.2) is 5.13 Å². The van der Waals surface area contributed by atoms with E-state index < -0.39 is 0 Å². The highest BCUT2D eigenvalue weighted by molar-refractivity contribution is 7.15. The van der Waals surface area contributed by atoms with Gasteiger partial charge < -0.3 is 5.73 Å². The summed E-state index contributed by atoms with van der Waals surface area (Å²) in [7, 11) is 0. The van der Waals surface area contributed by atoms with Crippen LogP contribution in [-0.4, -0.2) is 23.0 Å². The lowest BCUT2D eigenvalue weighted by Crippen LogP contribution is -2.28. The third-order valence-electron chi connectivity index (χ3n) is 2.40. The fraction of sp³-hybridized carbons (Fsp3) is 0.667. The summed E-state index contributed by atoms with van der Waals surface area (Å²) >= 11 is 1.61. The van der Waals surface area contributed by atoms with Gasteiger partial charge in [0.2, 0.25) is 0 Å². The summed E-state index contributed by atoms with van der Waals surface area (Å²) in [6, 6.07) is 0. The summed E-state index contributed by atoms with van der Waals surface area (Å²) in [5.41, 5.74) is 5.57. The second kappa shape index (κ2) is 4.07. The van der Waals surface area contributed by atoms with Gasteiger partial charge >= 0.3 is 0 Å². The molecule has 0 atom stereocenters. The number of likely N-dealkylation sites (tertiary alicyclic amines) is 1. The van der Waals surface area contributed by atoms with Crippen LogP contribution in [0, 0.1) is 0 Å². The molecule has 3 nitrogen and oxygen atoms in total. The Morgan fingerprint density at radius 1 is 1.38 bits per heavy atom. The zero-order valence-electron chi connectivity index (χ0n) is 7.70. The summed E-state index contributed by atoms with van der Waals surface area (Å²) in [6.07, 6.45) is 5.97. The molecule has 4 heteroatoms. The standard InChI is InChI=1S/C9H15N3S/c10-9-11-6-8(13-9)7-12-4-2-1-3-5-12/h6H,1-5,7H2,(H2,10,11). The molecule has 0 amide bonds. The van der Waals surface area contributed by atoms with Crippen molar-refractivity contribution in [1.29, 1.82) is 0 Å². The predicted molar refractivity (Wildman–Crippen MR) is 55.7 cm³/mol. The zero-order chi connectivity index (χ0) is 9.10. The molecule has 2 N–H and O–H groups in total. The molecule has 0 saturated carbocycles. The predicted octanol–water partition coefficient (Wildman–Crippen LogP) is 1.71. The molecule has 0 aromatic carbocycles. The van der Waals surface area contributed by atoms with E-state index >= 15 is 0 Å². The van der Waals surface area contributed by atoms with Crippen molar-refractivity contribution in [3.63, 3.8) is 0 Å². The van der Waals surface area contributed by atoms with Crippen molar-refractivity contribution in [2.75, 3.05) is 18.8 Å². The summed E-state index contributed by atoms with van der Waals surface area (Å²) < 4.78 is 0. The van der Waals surface area contributed by atoms with E-state index in [4.69, 9.17) is 5.73 Å². The Balaban J connectivity index is 1.89. The molecule has 0 spiro atoms. The Labute approximate surface area is 82.6 Å². The Hall–Kier alpha value is -0.610. The van der Waals surface area contributed by atoms with Crippen LogP contribution < -0.4 is 5.73 Å². The van der Waals surface area contributed by atoms with Crippen LogP contribution >= 0.6 is 11.3 Å². The van der Waals surface area contributed by atoms with Gasteiger partial charge in [-0.3, -0.25) is 4.90 Å². The molecule has 2 heterocycles. The molecule has 1 aromatic rings. The van der Waals surface area contributed by atoms with Gasteiger partial charge in [-0.15, -0.1) is 11.3 Å². The fourth-order valence-electron chi connectivity index (χ4n) is 1.73. The maximum atomic E-state index is 5.57. The summed E-state index contributed by atoms with van der Waals surface area (Å²) in [6.45, 7) is 3.50.